The van der Waals surface area contributed by atoms with Crippen LogP contribution >= 0.6 is 27.5 Å². The minimum Gasteiger partial charge on any atom is -0.438 e. The highest BCUT2D eigenvalue weighted by Gasteiger charge is 2.11. The molecule has 0 aliphatic rings. The van der Waals surface area contributed by atoms with E-state index in [4.69, 9.17) is 22.1 Å². The van der Waals surface area contributed by atoms with Crippen LogP contribution in [0.1, 0.15) is 18.9 Å². The van der Waals surface area contributed by atoms with Crippen LogP contribution < -0.4 is 10.5 Å². The van der Waals surface area contributed by atoms with Crippen molar-refractivity contribution in [2.75, 3.05) is 0 Å². The summed E-state index contributed by atoms with van der Waals surface area (Å²) < 4.78 is 6.66. The van der Waals surface area contributed by atoms with E-state index < -0.39 is 0 Å². The fourth-order valence-corrected chi connectivity index (χ4v) is 2.52. The molecule has 3 nitrogen and oxygen atoms in total. The number of aromatic nitrogens is 1. The molecule has 1 aromatic carbocycles. The quantitative estimate of drug-likeness (QED) is 0.854. The molecular weight excluding hydrogens is 340 g/mol. The molecule has 1 aromatic heterocycles. The molecule has 2 aromatic rings. The maximum Gasteiger partial charge on any atom is 0.222 e. The second kappa shape index (κ2) is 7.07. The van der Waals surface area contributed by atoms with Gasteiger partial charge in [0.15, 0.2) is 0 Å². The first-order valence-electron chi connectivity index (χ1n) is 6.42. The molecule has 20 heavy (non-hydrogen) atoms. The van der Waals surface area contributed by atoms with Crippen molar-refractivity contribution in [3.63, 3.8) is 0 Å². The van der Waals surface area contributed by atoms with Gasteiger partial charge in [-0.1, -0.05) is 24.6 Å². The molecule has 106 valence electrons. The smallest absolute Gasteiger partial charge is 0.222 e. The van der Waals surface area contributed by atoms with E-state index in [1.165, 1.54) is 0 Å². The summed E-state index contributed by atoms with van der Waals surface area (Å²) in [6.07, 6.45) is 3.37. The van der Waals surface area contributed by atoms with Crippen LogP contribution in [-0.2, 0) is 6.42 Å². The summed E-state index contributed by atoms with van der Waals surface area (Å²) in [5.41, 5.74) is 7.01. The molecule has 0 aliphatic carbocycles. The third-order valence-electron chi connectivity index (χ3n) is 2.96. The lowest BCUT2D eigenvalue weighted by atomic mass is 10.1. The molecular formula is C15H16BrClN2O. The van der Waals surface area contributed by atoms with Gasteiger partial charge in [-0.2, -0.15) is 0 Å². The zero-order valence-electron chi connectivity index (χ0n) is 11.1. The van der Waals surface area contributed by atoms with Crippen LogP contribution in [0.2, 0.25) is 5.02 Å². The summed E-state index contributed by atoms with van der Waals surface area (Å²) in [6, 6.07) is 9.36. The first-order chi connectivity index (χ1) is 9.60. The number of ether oxygens (including phenoxy) is 1. The number of rotatable bonds is 5. The maximum absolute atomic E-state index is 6.01. The van der Waals surface area contributed by atoms with Gasteiger partial charge in [-0.15, -0.1) is 0 Å². The van der Waals surface area contributed by atoms with E-state index in [0.29, 0.717) is 16.7 Å². The van der Waals surface area contributed by atoms with Crippen LogP contribution in [0, 0.1) is 0 Å². The largest absolute Gasteiger partial charge is 0.438 e. The highest BCUT2D eigenvalue weighted by molar-refractivity contribution is 9.10. The summed E-state index contributed by atoms with van der Waals surface area (Å²) in [4.78, 5) is 4.29. The molecule has 0 saturated heterocycles. The van der Waals surface area contributed by atoms with E-state index in [1.54, 1.807) is 18.3 Å². The molecule has 5 heteroatoms. The number of halogens is 2. The van der Waals surface area contributed by atoms with Gasteiger partial charge in [-0.25, -0.2) is 4.98 Å². The van der Waals surface area contributed by atoms with Crippen LogP contribution in [0.3, 0.4) is 0 Å². The lowest BCUT2D eigenvalue weighted by molar-refractivity contribution is 0.450. The Labute approximate surface area is 132 Å². The van der Waals surface area contributed by atoms with Crippen molar-refractivity contribution in [3.8, 4) is 11.6 Å². The van der Waals surface area contributed by atoms with Gasteiger partial charge in [-0.3, -0.25) is 0 Å². The summed E-state index contributed by atoms with van der Waals surface area (Å²) in [5.74, 6) is 1.26. The SMILES string of the molecule is CCC(N)Cc1cccnc1Oc1ccc(Cl)cc1Br. The van der Waals surface area contributed by atoms with Gasteiger partial charge in [0.2, 0.25) is 5.88 Å². The fraction of sp³-hybridized carbons (Fsp3) is 0.267. The molecule has 0 radical (unpaired) electrons. The molecule has 0 saturated carbocycles. The Hall–Kier alpha value is -1.10. The zero-order valence-corrected chi connectivity index (χ0v) is 13.5. The monoisotopic (exact) mass is 354 g/mol. The van der Waals surface area contributed by atoms with Gasteiger partial charge in [0.25, 0.3) is 0 Å². The highest BCUT2D eigenvalue weighted by Crippen LogP contribution is 2.32. The van der Waals surface area contributed by atoms with E-state index in [-0.39, 0.29) is 6.04 Å². The fourth-order valence-electron chi connectivity index (χ4n) is 1.76. The molecule has 0 bridgehead atoms. The van der Waals surface area contributed by atoms with E-state index in [0.717, 1.165) is 22.9 Å². The summed E-state index contributed by atoms with van der Waals surface area (Å²) >= 11 is 9.35. The standard InChI is InChI=1S/C15H16BrClN2O/c1-2-12(18)8-10-4-3-7-19-15(10)20-14-6-5-11(17)9-13(14)16/h3-7,9,12H,2,8,18H2,1H3. The van der Waals surface area contributed by atoms with Crippen LogP contribution in [0.5, 0.6) is 11.6 Å². The van der Waals surface area contributed by atoms with E-state index in [9.17, 15) is 0 Å². The van der Waals surface area contributed by atoms with Gasteiger partial charge >= 0.3 is 0 Å². The molecule has 0 amide bonds. The van der Waals surface area contributed by atoms with Gasteiger partial charge in [0.1, 0.15) is 5.75 Å². The Morgan fingerprint density at radius 1 is 1.40 bits per heavy atom. The lowest BCUT2D eigenvalue weighted by Crippen LogP contribution is -2.21. The third kappa shape index (κ3) is 3.95. The number of nitrogens with two attached hydrogens (primary N) is 1. The Morgan fingerprint density at radius 3 is 2.90 bits per heavy atom. The normalized spacial score (nSPS) is 12.2. The van der Waals surface area contributed by atoms with Crippen molar-refractivity contribution < 1.29 is 4.74 Å². The van der Waals surface area contributed by atoms with Gasteiger partial charge in [-0.05, 0) is 53.0 Å². The topological polar surface area (TPSA) is 48.1 Å². The van der Waals surface area contributed by atoms with E-state index in [1.807, 2.05) is 18.2 Å². The van der Waals surface area contributed by atoms with Crippen molar-refractivity contribution in [3.05, 3.63) is 51.6 Å². The van der Waals surface area contributed by atoms with Crippen molar-refractivity contribution in [2.24, 2.45) is 5.73 Å². The highest BCUT2D eigenvalue weighted by atomic mass is 79.9. The number of hydrogen-bond donors (Lipinski definition) is 1. The van der Waals surface area contributed by atoms with Gasteiger partial charge in [0, 0.05) is 22.8 Å². The Morgan fingerprint density at radius 2 is 2.20 bits per heavy atom. The summed E-state index contributed by atoms with van der Waals surface area (Å²) in [5, 5.41) is 0.651. The first-order valence-corrected chi connectivity index (χ1v) is 7.59. The van der Waals surface area contributed by atoms with E-state index in [2.05, 4.69) is 27.8 Å². The maximum atomic E-state index is 6.01. The Bertz CT molecular complexity index is 592. The van der Waals surface area contributed by atoms with Crippen molar-refractivity contribution in [2.45, 2.75) is 25.8 Å². The van der Waals surface area contributed by atoms with Crippen LogP contribution in [0.15, 0.2) is 41.0 Å². The Balaban J connectivity index is 2.24. The molecule has 0 aliphatic heterocycles. The molecule has 2 rings (SSSR count). The van der Waals surface area contributed by atoms with Crippen LogP contribution in [0.25, 0.3) is 0 Å². The van der Waals surface area contributed by atoms with Crippen molar-refractivity contribution in [1.82, 2.24) is 4.98 Å². The van der Waals surface area contributed by atoms with Gasteiger partial charge < -0.3 is 10.5 Å². The number of nitrogens with zero attached hydrogens (tertiary/aromatic N) is 1. The minimum absolute atomic E-state index is 0.107. The minimum atomic E-state index is 0.107. The predicted molar refractivity (Wildman–Crippen MR) is 85.4 cm³/mol. The third-order valence-corrected chi connectivity index (χ3v) is 3.81. The average molecular weight is 356 g/mol. The molecule has 1 unspecified atom stereocenters. The van der Waals surface area contributed by atoms with Gasteiger partial charge in [0.05, 0.1) is 4.47 Å². The van der Waals surface area contributed by atoms with Crippen LogP contribution in [-0.4, -0.2) is 11.0 Å². The first kappa shape index (κ1) is 15.3. The second-order valence-corrected chi connectivity index (χ2v) is 5.81. The Kier molecular flexibility index (Phi) is 5.40. The number of pyridine rings is 1. The molecule has 1 atom stereocenters. The predicted octanol–water partition coefficient (Wildman–Crippen LogP) is 4.57. The number of hydrogen-bond acceptors (Lipinski definition) is 3. The van der Waals surface area contributed by atoms with Crippen LogP contribution in [0.4, 0.5) is 0 Å². The zero-order chi connectivity index (χ0) is 14.5. The molecule has 1 heterocycles. The molecule has 0 fully saturated rings. The summed E-state index contributed by atoms with van der Waals surface area (Å²) in [7, 11) is 0. The molecule has 0 spiro atoms. The lowest BCUT2D eigenvalue weighted by Gasteiger charge is -2.13. The van der Waals surface area contributed by atoms with Crippen molar-refractivity contribution >= 4 is 27.5 Å². The summed E-state index contributed by atoms with van der Waals surface area (Å²) in [6.45, 7) is 2.07. The number of benzene rings is 1. The second-order valence-electron chi connectivity index (χ2n) is 4.52. The van der Waals surface area contributed by atoms with Crippen molar-refractivity contribution in [1.29, 1.82) is 0 Å². The average Bonchev–Trinajstić information content (AvgIpc) is 2.43. The molecule has 2 N–H and O–H groups in total. The van der Waals surface area contributed by atoms with E-state index >= 15 is 0 Å².